The predicted octanol–water partition coefficient (Wildman–Crippen LogP) is 3.31. The van der Waals surface area contributed by atoms with Crippen molar-refractivity contribution in [3.05, 3.63) is 39.6 Å². The van der Waals surface area contributed by atoms with Crippen molar-refractivity contribution in [2.75, 3.05) is 0 Å². The van der Waals surface area contributed by atoms with Gasteiger partial charge in [0.25, 0.3) is 0 Å². The molecule has 4 nitrogen and oxygen atoms in total. The van der Waals surface area contributed by atoms with Gasteiger partial charge in [-0.1, -0.05) is 42.5 Å². The van der Waals surface area contributed by atoms with Gasteiger partial charge in [0.1, 0.15) is 5.75 Å². The molecule has 0 saturated heterocycles. The summed E-state index contributed by atoms with van der Waals surface area (Å²) >= 11 is 0.675. The number of rotatable bonds is 2. The topological polar surface area (TPSA) is 67.5 Å². The molecule has 19 heavy (non-hydrogen) atoms. The molecule has 1 aromatic heterocycles. The number of phenols is 1. The highest BCUT2D eigenvalue weighted by Crippen LogP contribution is 2.39. The molecule has 0 aliphatic carbocycles. The number of hydrogen-bond donors (Lipinski definition) is 1. The van der Waals surface area contributed by atoms with Crippen LogP contribution in [0.4, 0.5) is 0 Å². The molecule has 0 saturated carbocycles. The Morgan fingerprint density at radius 2 is 2.16 bits per heavy atom. The lowest BCUT2D eigenvalue weighted by Gasteiger charge is -2.07. The van der Waals surface area contributed by atoms with E-state index >= 15 is 0 Å². The zero-order valence-corrected chi connectivity index (χ0v) is 10.4. The highest BCUT2D eigenvalue weighted by molar-refractivity contribution is 7.16. The standard InChI is InChI=1S/C14H10O4S/c1-2-9(15)10-11(16)7-5-3-4-6-8(7)12-13(10)19-14(17)18-12/h3-6,16H,2H2,1H3/i1D3. The Kier molecular flexibility index (Phi) is 1.96. The van der Waals surface area contributed by atoms with Gasteiger partial charge in [-0.25, -0.2) is 4.79 Å². The molecule has 0 spiro atoms. The van der Waals surface area contributed by atoms with Crippen molar-refractivity contribution < 1.29 is 18.4 Å². The maximum atomic E-state index is 12.3. The van der Waals surface area contributed by atoms with E-state index in [4.69, 9.17) is 8.53 Å². The molecule has 0 aliphatic rings. The molecule has 0 aliphatic heterocycles. The number of ketones is 1. The van der Waals surface area contributed by atoms with Crippen molar-refractivity contribution in [3.63, 3.8) is 0 Å². The number of fused-ring (bicyclic) bond motifs is 3. The quantitative estimate of drug-likeness (QED) is 0.730. The molecule has 0 unspecified atom stereocenters. The summed E-state index contributed by atoms with van der Waals surface area (Å²) in [6.45, 7) is -2.46. The van der Waals surface area contributed by atoms with Gasteiger partial charge in [0, 0.05) is 21.3 Å². The predicted molar refractivity (Wildman–Crippen MR) is 74.2 cm³/mol. The molecule has 0 fully saturated rings. The summed E-state index contributed by atoms with van der Waals surface area (Å²) in [4.78, 5) is 23.2. The maximum Gasteiger partial charge on any atom is 0.396 e. The zero-order valence-electron chi connectivity index (χ0n) is 12.6. The molecule has 3 rings (SSSR count). The van der Waals surface area contributed by atoms with Gasteiger partial charge in [-0.05, 0) is 0 Å². The minimum Gasteiger partial charge on any atom is -0.506 e. The number of Topliss-reactive ketones (excluding diaryl/α,β-unsaturated/α-hetero) is 1. The summed E-state index contributed by atoms with van der Waals surface area (Å²) in [6.07, 6.45) is -0.722. The molecule has 1 heterocycles. The van der Waals surface area contributed by atoms with E-state index in [2.05, 4.69) is 0 Å². The van der Waals surface area contributed by atoms with Crippen LogP contribution in [0.1, 0.15) is 27.7 Å². The number of carbonyl (C=O) groups excluding carboxylic acids is 1. The van der Waals surface area contributed by atoms with Gasteiger partial charge in [0.05, 0.1) is 10.3 Å². The number of hydrogen-bond acceptors (Lipinski definition) is 5. The fourth-order valence-electron chi connectivity index (χ4n) is 2.10. The van der Waals surface area contributed by atoms with Crippen LogP contribution < -0.4 is 4.94 Å². The summed E-state index contributed by atoms with van der Waals surface area (Å²) in [7, 11) is 0. The van der Waals surface area contributed by atoms with Gasteiger partial charge in [0.15, 0.2) is 11.4 Å². The van der Waals surface area contributed by atoms with Crippen molar-refractivity contribution in [1.82, 2.24) is 0 Å². The monoisotopic (exact) mass is 277 g/mol. The first-order chi connectivity index (χ1) is 10.3. The van der Waals surface area contributed by atoms with Crippen molar-refractivity contribution in [2.24, 2.45) is 0 Å². The average molecular weight is 277 g/mol. The molecule has 0 amide bonds. The minimum absolute atomic E-state index is 0.166. The lowest BCUT2D eigenvalue weighted by molar-refractivity contribution is 0.0987. The Morgan fingerprint density at radius 3 is 2.89 bits per heavy atom. The summed E-state index contributed by atoms with van der Waals surface area (Å²) in [5.74, 6) is -1.07. The maximum absolute atomic E-state index is 12.3. The third kappa shape index (κ3) is 1.66. The van der Waals surface area contributed by atoms with E-state index in [9.17, 15) is 14.7 Å². The van der Waals surface area contributed by atoms with Crippen LogP contribution in [0.25, 0.3) is 21.1 Å². The van der Waals surface area contributed by atoms with E-state index in [1.807, 2.05) is 0 Å². The largest absolute Gasteiger partial charge is 0.506 e. The van der Waals surface area contributed by atoms with Gasteiger partial charge in [-0.2, -0.15) is 0 Å². The first-order valence-electron chi connectivity index (χ1n) is 6.98. The van der Waals surface area contributed by atoms with Gasteiger partial charge >= 0.3 is 4.94 Å². The van der Waals surface area contributed by atoms with E-state index in [1.165, 1.54) is 0 Å². The summed E-state index contributed by atoms with van der Waals surface area (Å²) in [5.41, 5.74) is 0.0259. The molecule has 2 aromatic carbocycles. The van der Waals surface area contributed by atoms with E-state index in [1.54, 1.807) is 24.3 Å². The first-order valence-corrected chi connectivity index (χ1v) is 6.30. The Bertz CT molecular complexity index is 952. The van der Waals surface area contributed by atoms with Crippen LogP contribution >= 0.6 is 11.3 Å². The second-order valence-corrected chi connectivity index (χ2v) is 4.93. The van der Waals surface area contributed by atoms with Crippen LogP contribution in [0.15, 0.2) is 33.5 Å². The normalized spacial score (nSPS) is 14.2. The highest BCUT2D eigenvalue weighted by atomic mass is 32.1. The van der Waals surface area contributed by atoms with Gasteiger partial charge < -0.3 is 9.52 Å². The lowest BCUT2D eigenvalue weighted by Crippen LogP contribution is -1.98. The number of benzene rings is 2. The Morgan fingerprint density at radius 1 is 1.42 bits per heavy atom. The number of phenolic OH excluding ortho intramolecular Hbond substituents is 1. The second kappa shape index (κ2) is 4.20. The molecule has 1 N–H and O–H groups in total. The van der Waals surface area contributed by atoms with Crippen LogP contribution in [0.5, 0.6) is 5.75 Å². The summed E-state index contributed by atoms with van der Waals surface area (Å²) in [5, 5.41) is 11.2. The minimum atomic E-state index is -2.46. The van der Waals surface area contributed by atoms with Crippen molar-refractivity contribution in [3.8, 4) is 5.75 Å². The van der Waals surface area contributed by atoms with E-state index in [0.29, 0.717) is 22.1 Å². The zero-order chi connectivity index (χ0) is 16.1. The first kappa shape index (κ1) is 8.87. The molecule has 3 aromatic rings. The van der Waals surface area contributed by atoms with Crippen molar-refractivity contribution in [2.45, 2.75) is 13.3 Å². The van der Waals surface area contributed by atoms with Crippen molar-refractivity contribution >= 4 is 38.2 Å². The molecular formula is C14H10O4S. The van der Waals surface area contributed by atoms with Crippen molar-refractivity contribution in [1.29, 1.82) is 0 Å². The van der Waals surface area contributed by atoms with Gasteiger partial charge in [-0.15, -0.1) is 0 Å². The fraction of sp³-hybridized carbons (Fsp3) is 0.143. The van der Waals surface area contributed by atoms with Gasteiger partial charge in [0.2, 0.25) is 0 Å². The Balaban J connectivity index is 2.39. The smallest absolute Gasteiger partial charge is 0.396 e. The van der Waals surface area contributed by atoms with Crippen LogP contribution in [-0.4, -0.2) is 10.9 Å². The molecule has 5 heteroatoms. The summed E-state index contributed by atoms with van der Waals surface area (Å²) in [6, 6.07) is 6.61. The van der Waals surface area contributed by atoms with E-state index < -0.39 is 24.0 Å². The summed E-state index contributed by atoms with van der Waals surface area (Å²) < 4.78 is 26.9. The number of carbonyl (C=O) groups is 1. The van der Waals surface area contributed by atoms with Crippen LogP contribution in [0.2, 0.25) is 0 Å². The Hall–Kier alpha value is -2.14. The highest BCUT2D eigenvalue weighted by Gasteiger charge is 2.21. The third-order valence-corrected chi connectivity index (χ3v) is 3.75. The molecular weight excluding hydrogens is 264 g/mol. The van der Waals surface area contributed by atoms with E-state index in [0.717, 1.165) is 0 Å². The average Bonchev–Trinajstić information content (AvgIpc) is 2.78. The molecule has 0 atom stereocenters. The SMILES string of the molecule is [2H]C([2H])([2H])CC(=O)c1c(O)c2ccccc2c2oc(=O)sc12. The Labute approximate surface area is 116 Å². The van der Waals surface area contributed by atoms with E-state index in [-0.39, 0.29) is 21.6 Å². The second-order valence-electron chi connectivity index (χ2n) is 3.98. The number of aromatic hydroxyl groups is 1. The van der Waals surface area contributed by atoms with Crippen LogP contribution in [0.3, 0.4) is 0 Å². The lowest BCUT2D eigenvalue weighted by atomic mass is 10.0. The van der Waals surface area contributed by atoms with Crippen LogP contribution in [0, 0.1) is 0 Å². The molecule has 0 radical (unpaired) electrons. The van der Waals surface area contributed by atoms with Crippen LogP contribution in [-0.2, 0) is 0 Å². The van der Waals surface area contributed by atoms with Gasteiger partial charge in [-0.3, -0.25) is 4.79 Å². The molecule has 96 valence electrons. The third-order valence-electron chi connectivity index (χ3n) is 2.91. The fourth-order valence-corrected chi connectivity index (χ4v) is 2.95. The molecule has 0 bridgehead atoms.